The lowest BCUT2D eigenvalue weighted by molar-refractivity contribution is 0.101. The Labute approximate surface area is 107 Å². The van der Waals surface area contributed by atoms with Crippen molar-refractivity contribution in [3.8, 4) is 0 Å². The lowest BCUT2D eigenvalue weighted by atomic mass is 10.1. The van der Waals surface area contributed by atoms with Crippen molar-refractivity contribution in [1.29, 1.82) is 0 Å². The molecule has 0 radical (unpaired) electrons. The van der Waals surface area contributed by atoms with E-state index in [0.29, 0.717) is 0 Å². The highest BCUT2D eigenvalue weighted by atomic mass is 32.2. The van der Waals surface area contributed by atoms with Crippen molar-refractivity contribution < 1.29 is 9.90 Å². The summed E-state index contributed by atoms with van der Waals surface area (Å²) in [6.45, 7) is 2.74. The van der Waals surface area contributed by atoms with Gasteiger partial charge in [0.15, 0.2) is 5.78 Å². The summed E-state index contributed by atoms with van der Waals surface area (Å²) < 4.78 is 0. The van der Waals surface area contributed by atoms with Crippen LogP contribution in [-0.2, 0) is 0 Å². The van der Waals surface area contributed by atoms with Crippen LogP contribution in [0.5, 0.6) is 0 Å². The first-order valence-electron chi connectivity index (χ1n) is 5.77. The van der Waals surface area contributed by atoms with Crippen molar-refractivity contribution in [1.82, 2.24) is 0 Å². The minimum atomic E-state index is 0.0936. The van der Waals surface area contributed by atoms with Gasteiger partial charge in [-0.2, -0.15) is 11.8 Å². The minimum absolute atomic E-state index is 0.0936. The Kier molecular flexibility index (Phi) is 6.74. The van der Waals surface area contributed by atoms with E-state index >= 15 is 0 Å². The molecule has 3 nitrogen and oxygen atoms in total. The van der Waals surface area contributed by atoms with Gasteiger partial charge in [-0.15, -0.1) is 0 Å². The van der Waals surface area contributed by atoms with Crippen LogP contribution in [0.3, 0.4) is 0 Å². The summed E-state index contributed by atoms with van der Waals surface area (Å²) in [5, 5.41) is 11.9. The highest BCUT2D eigenvalue weighted by Crippen LogP contribution is 2.10. The number of hydrogen-bond donors (Lipinski definition) is 2. The smallest absolute Gasteiger partial charge is 0.159 e. The van der Waals surface area contributed by atoms with E-state index in [2.05, 4.69) is 5.32 Å². The van der Waals surface area contributed by atoms with Crippen molar-refractivity contribution in [2.45, 2.75) is 13.3 Å². The zero-order valence-electron chi connectivity index (χ0n) is 10.1. The maximum atomic E-state index is 11.1. The van der Waals surface area contributed by atoms with Crippen LogP contribution in [0.15, 0.2) is 24.3 Å². The van der Waals surface area contributed by atoms with E-state index in [-0.39, 0.29) is 12.4 Å². The molecular weight excluding hydrogens is 234 g/mol. The maximum Gasteiger partial charge on any atom is 0.159 e. The van der Waals surface area contributed by atoms with E-state index in [1.807, 2.05) is 36.0 Å². The van der Waals surface area contributed by atoms with Gasteiger partial charge in [0.25, 0.3) is 0 Å². The molecule has 94 valence electrons. The maximum absolute atomic E-state index is 11.1. The molecule has 1 aromatic carbocycles. The predicted octanol–water partition coefficient (Wildman–Crippen LogP) is 2.42. The molecule has 0 amide bonds. The SMILES string of the molecule is CC(=O)c1ccc(NCCSCCCO)cc1. The Hall–Kier alpha value is -1.00. The van der Waals surface area contributed by atoms with Crippen LogP contribution in [0.2, 0.25) is 0 Å². The molecule has 0 aliphatic carbocycles. The molecule has 4 heteroatoms. The first kappa shape index (κ1) is 14.1. The number of hydrogen-bond acceptors (Lipinski definition) is 4. The minimum Gasteiger partial charge on any atom is -0.396 e. The van der Waals surface area contributed by atoms with E-state index in [1.165, 1.54) is 0 Å². The van der Waals surface area contributed by atoms with Crippen LogP contribution in [-0.4, -0.2) is 35.5 Å². The average molecular weight is 253 g/mol. The molecule has 0 saturated carbocycles. The Morgan fingerprint density at radius 1 is 1.29 bits per heavy atom. The van der Waals surface area contributed by atoms with Crippen LogP contribution in [0, 0.1) is 0 Å². The summed E-state index contributed by atoms with van der Waals surface area (Å²) in [4.78, 5) is 11.1. The highest BCUT2D eigenvalue weighted by Gasteiger charge is 1.98. The monoisotopic (exact) mass is 253 g/mol. The molecular formula is C13H19NO2S. The number of carbonyl (C=O) groups is 1. The zero-order chi connectivity index (χ0) is 12.5. The number of benzene rings is 1. The third-order valence-corrected chi connectivity index (χ3v) is 3.38. The normalized spacial score (nSPS) is 10.2. The summed E-state index contributed by atoms with van der Waals surface area (Å²) in [5.74, 6) is 2.12. The van der Waals surface area contributed by atoms with Gasteiger partial charge in [-0.3, -0.25) is 4.79 Å². The van der Waals surface area contributed by atoms with Crippen LogP contribution < -0.4 is 5.32 Å². The standard InChI is InChI=1S/C13H19NO2S/c1-11(16)12-3-5-13(6-4-12)14-7-10-17-9-2-8-15/h3-6,14-15H,2,7-10H2,1H3. The van der Waals surface area contributed by atoms with E-state index in [1.54, 1.807) is 6.92 Å². The van der Waals surface area contributed by atoms with Crippen molar-refractivity contribution >= 4 is 23.2 Å². The van der Waals surface area contributed by atoms with Gasteiger partial charge >= 0.3 is 0 Å². The van der Waals surface area contributed by atoms with Crippen molar-refractivity contribution in [2.75, 3.05) is 30.0 Å². The largest absolute Gasteiger partial charge is 0.396 e. The van der Waals surface area contributed by atoms with Crippen LogP contribution in [0.25, 0.3) is 0 Å². The number of nitrogens with one attached hydrogen (secondary N) is 1. The topological polar surface area (TPSA) is 49.3 Å². The second-order valence-corrected chi connectivity index (χ2v) is 4.97. The number of anilines is 1. The molecule has 0 heterocycles. The van der Waals surface area contributed by atoms with Crippen LogP contribution in [0.1, 0.15) is 23.7 Å². The molecule has 0 fully saturated rings. The number of carbonyl (C=O) groups excluding carboxylic acids is 1. The van der Waals surface area contributed by atoms with Gasteiger partial charge in [0, 0.05) is 30.2 Å². The summed E-state index contributed by atoms with van der Waals surface area (Å²) in [5.41, 5.74) is 1.78. The van der Waals surface area contributed by atoms with Crippen molar-refractivity contribution in [3.05, 3.63) is 29.8 Å². The number of Topliss-reactive ketones (excluding diaryl/α,β-unsaturated/α-hetero) is 1. The number of aliphatic hydroxyl groups is 1. The van der Waals surface area contributed by atoms with Gasteiger partial charge in [0.05, 0.1) is 0 Å². The van der Waals surface area contributed by atoms with Crippen molar-refractivity contribution in [3.63, 3.8) is 0 Å². The predicted molar refractivity (Wildman–Crippen MR) is 74.0 cm³/mol. The van der Waals surface area contributed by atoms with E-state index in [4.69, 9.17) is 5.11 Å². The second kappa shape index (κ2) is 8.14. The fourth-order valence-electron chi connectivity index (χ4n) is 1.36. The molecule has 0 atom stereocenters. The molecule has 0 saturated heterocycles. The first-order chi connectivity index (χ1) is 8.24. The number of aliphatic hydroxyl groups excluding tert-OH is 1. The van der Waals surface area contributed by atoms with E-state index in [0.717, 1.165) is 35.7 Å². The number of ketones is 1. The Balaban J connectivity index is 2.21. The van der Waals surface area contributed by atoms with E-state index in [9.17, 15) is 4.79 Å². The number of rotatable bonds is 8. The zero-order valence-corrected chi connectivity index (χ0v) is 10.9. The Bertz CT molecular complexity index is 338. The molecule has 1 aromatic rings. The van der Waals surface area contributed by atoms with Gasteiger partial charge in [-0.05, 0) is 43.4 Å². The first-order valence-corrected chi connectivity index (χ1v) is 6.93. The molecule has 0 aliphatic heterocycles. The summed E-state index contributed by atoms with van der Waals surface area (Å²) in [6, 6.07) is 7.53. The van der Waals surface area contributed by atoms with Gasteiger partial charge in [0.1, 0.15) is 0 Å². The van der Waals surface area contributed by atoms with Gasteiger partial charge in [-0.25, -0.2) is 0 Å². The fraction of sp³-hybridized carbons (Fsp3) is 0.462. The quantitative estimate of drug-likeness (QED) is 0.552. The average Bonchev–Trinajstić information content (AvgIpc) is 2.34. The third-order valence-electron chi connectivity index (χ3n) is 2.31. The molecule has 1 rings (SSSR count). The van der Waals surface area contributed by atoms with Gasteiger partial charge in [0.2, 0.25) is 0 Å². The lowest BCUT2D eigenvalue weighted by Gasteiger charge is -2.06. The molecule has 0 spiro atoms. The molecule has 0 unspecified atom stereocenters. The van der Waals surface area contributed by atoms with Gasteiger partial charge in [-0.1, -0.05) is 0 Å². The summed E-state index contributed by atoms with van der Waals surface area (Å²) >= 11 is 1.83. The van der Waals surface area contributed by atoms with Gasteiger partial charge < -0.3 is 10.4 Å². The molecule has 0 bridgehead atoms. The van der Waals surface area contributed by atoms with E-state index < -0.39 is 0 Å². The Morgan fingerprint density at radius 2 is 2.00 bits per heavy atom. The molecule has 0 aliphatic rings. The fourth-order valence-corrected chi connectivity index (χ4v) is 2.14. The molecule has 2 N–H and O–H groups in total. The number of thioether (sulfide) groups is 1. The van der Waals surface area contributed by atoms with Crippen LogP contribution in [0.4, 0.5) is 5.69 Å². The highest BCUT2D eigenvalue weighted by molar-refractivity contribution is 7.99. The third kappa shape index (κ3) is 5.75. The Morgan fingerprint density at radius 3 is 2.59 bits per heavy atom. The van der Waals surface area contributed by atoms with Crippen LogP contribution >= 0.6 is 11.8 Å². The van der Waals surface area contributed by atoms with Crippen molar-refractivity contribution in [2.24, 2.45) is 0 Å². The molecule has 0 aromatic heterocycles. The summed E-state index contributed by atoms with van der Waals surface area (Å²) in [6.07, 6.45) is 0.859. The summed E-state index contributed by atoms with van der Waals surface area (Å²) in [7, 11) is 0. The lowest BCUT2D eigenvalue weighted by Crippen LogP contribution is -2.05. The molecule has 17 heavy (non-hydrogen) atoms. The second-order valence-electron chi connectivity index (χ2n) is 3.75.